The summed E-state index contributed by atoms with van der Waals surface area (Å²) in [6.07, 6.45) is 5.06. The van der Waals surface area contributed by atoms with E-state index in [-0.39, 0.29) is 0 Å². The molecule has 0 amide bonds. The molecule has 0 radical (unpaired) electrons. The first-order valence-electron chi connectivity index (χ1n) is 7.88. The quantitative estimate of drug-likeness (QED) is 0.901. The van der Waals surface area contributed by atoms with E-state index in [1.807, 2.05) is 19.2 Å². The monoisotopic (exact) mass is 281 g/mol. The second-order valence-electron chi connectivity index (χ2n) is 6.08. The second-order valence-corrected chi connectivity index (χ2v) is 6.08. The summed E-state index contributed by atoms with van der Waals surface area (Å²) in [7, 11) is 1.92. The Kier molecular flexibility index (Phi) is 4.18. The summed E-state index contributed by atoms with van der Waals surface area (Å²) >= 11 is 0. The topological polar surface area (TPSA) is 37.8 Å². The number of benzene rings is 1. The fourth-order valence-corrected chi connectivity index (χ4v) is 3.20. The van der Waals surface area contributed by atoms with Gasteiger partial charge in [0.2, 0.25) is 0 Å². The van der Waals surface area contributed by atoms with Gasteiger partial charge in [0.25, 0.3) is 0 Å². The van der Waals surface area contributed by atoms with E-state index in [1.165, 1.54) is 25.7 Å². The number of nitrogens with zero attached hydrogens (tertiary/aromatic N) is 2. The molecule has 1 fully saturated rings. The molecule has 1 heterocycles. The zero-order chi connectivity index (χ0) is 14.7. The van der Waals surface area contributed by atoms with Crippen molar-refractivity contribution in [1.82, 2.24) is 9.97 Å². The number of nitrogens with one attached hydrogen (secondary N) is 1. The van der Waals surface area contributed by atoms with Crippen LogP contribution in [0.3, 0.4) is 0 Å². The predicted octanol–water partition coefficient (Wildman–Crippen LogP) is 4.48. The molecule has 1 N–H and O–H groups in total. The van der Waals surface area contributed by atoms with Crippen molar-refractivity contribution >= 4 is 5.82 Å². The Morgan fingerprint density at radius 1 is 1.10 bits per heavy atom. The Morgan fingerprint density at radius 3 is 2.62 bits per heavy atom. The molecule has 2 aromatic rings. The van der Waals surface area contributed by atoms with Crippen LogP contribution in [0.2, 0.25) is 0 Å². The Hall–Kier alpha value is -1.90. The molecule has 0 aliphatic heterocycles. The van der Waals surface area contributed by atoms with Crippen LogP contribution in [0.25, 0.3) is 11.3 Å². The highest BCUT2D eigenvalue weighted by Gasteiger charge is 2.23. The molecule has 0 bridgehead atoms. The summed E-state index contributed by atoms with van der Waals surface area (Å²) in [5.74, 6) is 3.21. The lowest BCUT2D eigenvalue weighted by Crippen LogP contribution is -2.15. The van der Waals surface area contributed by atoms with Gasteiger partial charge in [0.05, 0.1) is 5.69 Å². The van der Waals surface area contributed by atoms with Gasteiger partial charge in [-0.05, 0) is 18.8 Å². The van der Waals surface area contributed by atoms with E-state index >= 15 is 0 Å². The molecule has 1 aliphatic rings. The SMILES string of the molecule is CNc1cc(-c2ccccc2)nc(C2CCCC(C)C2)n1. The molecule has 2 unspecified atom stereocenters. The largest absolute Gasteiger partial charge is 0.373 e. The molecule has 1 aromatic carbocycles. The zero-order valence-corrected chi connectivity index (χ0v) is 12.8. The normalized spacial score (nSPS) is 22.0. The Morgan fingerprint density at radius 2 is 1.90 bits per heavy atom. The van der Waals surface area contributed by atoms with E-state index in [1.54, 1.807) is 0 Å². The van der Waals surface area contributed by atoms with Crippen LogP contribution in [0.15, 0.2) is 36.4 Å². The van der Waals surface area contributed by atoms with Gasteiger partial charge in [0, 0.05) is 24.6 Å². The first-order chi connectivity index (χ1) is 10.3. The zero-order valence-electron chi connectivity index (χ0n) is 12.8. The van der Waals surface area contributed by atoms with E-state index < -0.39 is 0 Å². The molecule has 1 aliphatic carbocycles. The van der Waals surface area contributed by atoms with Crippen LogP contribution in [0.4, 0.5) is 5.82 Å². The molecule has 0 saturated heterocycles. The minimum atomic E-state index is 0.504. The van der Waals surface area contributed by atoms with Gasteiger partial charge in [-0.2, -0.15) is 0 Å². The van der Waals surface area contributed by atoms with Crippen molar-refractivity contribution in [2.45, 2.75) is 38.5 Å². The van der Waals surface area contributed by atoms with Crippen LogP contribution in [0.5, 0.6) is 0 Å². The Bertz CT molecular complexity index is 595. The molecule has 0 spiro atoms. The molecule has 3 nitrogen and oxygen atoms in total. The number of rotatable bonds is 3. The third-order valence-electron chi connectivity index (χ3n) is 4.37. The van der Waals surface area contributed by atoms with E-state index in [4.69, 9.17) is 9.97 Å². The van der Waals surface area contributed by atoms with Gasteiger partial charge in [-0.1, -0.05) is 50.1 Å². The van der Waals surface area contributed by atoms with Crippen molar-refractivity contribution in [2.75, 3.05) is 12.4 Å². The van der Waals surface area contributed by atoms with Crippen LogP contribution >= 0.6 is 0 Å². The highest BCUT2D eigenvalue weighted by atomic mass is 15.0. The van der Waals surface area contributed by atoms with Crippen molar-refractivity contribution in [3.05, 3.63) is 42.2 Å². The molecular weight excluding hydrogens is 258 g/mol. The fourth-order valence-electron chi connectivity index (χ4n) is 3.20. The Labute approximate surface area is 126 Å². The maximum absolute atomic E-state index is 4.86. The first kappa shape index (κ1) is 14.1. The van der Waals surface area contributed by atoms with Gasteiger partial charge in [0.1, 0.15) is 11.6 Å². The van der Waals surface area contributed by atoms with Crippen LogP contribution in [0, 0.1) is 5.92 Å². The lowest BCUT2D eigenvalue weighted by molar-refractivity contribution is 0.335. The molecule has 1 saturated carbocycles. The van der Waals surface area contributed by atoms with Crippen molar-refractivity contribution in [3.8, 4) is 11.3 Å². The third kappa shape index (κ3) is 3.23. The van der Waals surface area contributed by atoms with Gasteiger partial charge in [-0.25, -0.2) is 9.97 Å². The predicted molar refractivity (Wildman–Crippen MR) is 87.4 cm³/mol. The van der Waals surface area contributed by atoms with Crippen LogP contribution in [-0.2, 0) is 0 Å². The molecular formula is C18H23N3. The standard InChI is InChI=1S/C18H23N3/c1-13-7-6-10-15(11-13)18-20-16(12-17(19-2)21-18)14-8-4-3-5-9-14/h3-5,8-9,12-13,15H,6-7,10-11H2,1-2H3,(H,19,20,21). The molecule has 1 aromatic heterocycles. The highest BCUT2D eigenvalue weighted by Crippen LogP contribution is 2.35. The minimum absolute atomic E-state index is 0.504. The van der Waals surface area contributed by atoms with E-state index in [0.717, 1.165) is 28.8 Å². The molecule has 3 rings (SSSR count). The number of hydrogen-bond donors (Lipinski definition) is 1. The summed E-state index contributed by atoms with van der Waals surface area (Å²) in [5, 5.41) is 3.18. The second kappa shape index (κ2) is 6.25. The van der Waals surface area contributed by atoms with Crippen molar-refractivity contribution < 1.29 is 0 Å². The molecule has 2 atom stereocenters. The van der Waals surface area contributed by atoms with E-state index in [0.29, 0.717) is 5.92 Å². The van der Waals surface area contributed by atoms with Crippen molar-refractivity contribution in [1.29, 1.82) is 0 Å². The lowest BCUT2D eigenvalue weighted by Gasteiger charge is -2.26. The van der Waals surface area contributed by atoms with Gasteiger partial charge in [-0.3, -0.25) is 0 Å². The van der Waals surface area contributed by atoms with Gasteiger partial charge in [0.15, 0.2) is 0 Å². The van der Waals surface area contributed by atoms with Gasteiger partial charge >= 0.3 is 0 Å². The van der Waals surface area contributed by atoms with Crippen LogP contribution in [-0.4, -0.2) is 17.0 Å². The number of aromatic nitrogens is 2. The summed E-state index contributed by atoms with van der Waals surface area (Å²) in [4.78, 5) is 9.57. The summed E-state index contributed by atoms with van der Waals surface area (Å²) in [6, 6.07) is 12.4. The molecule has 21 heavy (non-hydrogen) atoms. The molecule has 110 valence electrons. The fraction of sp³-hybridized carbons (Fsp3) is 0.444. The minimum Gasteiger partial charge on any atom is -0.373 e. The Balaban J connectivity index is 1.97. The maximum Gasteiger partial charge on any atom is 0.134 e. The summed E-state index contributed by atoms with van der Waals surface area (Å²) < 4.78 is 0. The average Bonchev–Trinajstić information content (AvgIpc) is 2.55. The van der Waals surface area contributed by atoms with Crippen LogP contribution < -0.4 is 5.32 Å². The van der Waals surface area contributed by atoms with Crippen molar-refractivity contribution in [2.24, 2.45) is 5.92 Å². The average molecular weight is 281 g/mol. The van der Waals surface area contributed by atoms with Gasteiger partial charge < -0.3 is 5.32 Å². The highest BCUT2D eigenvalue weighted by molar-refractivity contribution is 5.62. The lowest BCUT2D eigenvalue weighted by atomic mass is 9.82. The van der Waals surface area contributed by atoms with E-state index in [2.05, 4.69) is 36.5 Å². The third-order valence-corrected chi connectivity index (χ3v) is 4.37. The van der Waals surface area contributed by atoms with Crippen LogP contribution in [0.1, 0.15) is 44.3 Å². The first-order valence-corrected chi connectivity index (χ1v) is 7.88. The number of anilines is 1. The smallest absolute Gasteiger partial charge is 0.134 e. The van der Waals surface area contributed by atoms with Gasteiger partial charge in [-0.15, -0.1) is 0 Å². The summed E-state index contributed by atoms with van der Waals surface area (Å²) in [5.41, 5.74) is 2.17. The van der Waals surface area contributed by atoms with Crippen molar-refractivity contribution in [3.63, 3.8) is 0 Å². The van der Waals surface area contributed by atoms with E-state index in [9.17, 15) is 0 Å². The maximum atomic E-state index is 4.86. The summed E-state index contributed by atoms with van der Waals surface area (Å²) in [6.45, 7) is 2.34. The number of hydrogen-bond acceptors (Lipinski definition) is 3. The molecule has 3 heteroatoms.